The molecule has 3 atom stereocenters. The first kappa shape index (κ1) is 18.8. The molecule has 0 N–H and O–H groups in total. The van der Waals surface area contributed by atoms with E-state index in [2.05, 4.69) is 51.2 Å². The van der Waals surface area contributed by atoms with Crippen molar-refractivity contribution in [3.63, 3.8) is 0 Å². The highest BCUT2D eigenvalue weighted by Crippen LogP contribution is 2.56. The molecule has 0 unspecified atom stereocenters. The lowest BCUT2D eigenvalue weighted by Crippen LogP contribution is -2.49. The van der Waals surface area contributed by atoms with Crippen LogP contribution in [0, 0.1) is 5.92 Å². The lowest BCUT2D eigenvalue weighted by Gasteiger charge is -2.33. The maximum Gasteiger partial charge on any atom is 0.243 e. The highest BCUT2D eigenvalue weighted by atomic mass is 32.1. The van der Waals surface area contributed by atoms with Gasteiger partial charge in [0, 0.05) is 49.2 Å². The summed E-state index contributed by atoms with van der Waals surface area (Å²) < 4.78 is 0. The molecule has 0 saturated carbocycles. The summed E-state index contributed by atoms with van der Waals surface area (Å²) in [5.74, 6) is 0.860. The number of carbonyl (C=O) groups excluding carboxylic acids is 1. The van der Waals surface area contributed by atoms with Crippen LogP contribution >= 0.6 is 11.3 Å². The molecule has 4 aliphatic heterocycles. The number of amides is 1. The topological polar surface area (TPSA) is 39.7 Å². The average Bonchev–Trinajstić information content (AvgIpc) is 3.57. The predicted octanol–water partition coefficient (Wildman–Crippen LogP) is 3.72. The van der Waals surface area contributed by atoms with Crippen LogP contribution in [0.2, 0.25) is 0 Å². The van der Waals surface area contributed by atoms with Crippen LogP contribution in [0.1, 0.15) is 48.6 Å². The molecule has 4 fully saturated rings. The van der Waals surface area contributed by atoms with Crippen LogP contribution < -0.4 is 4.90 Å². The van der Waals surface area contributed by atoms with Crippen molar-refractivity contribution < 1.29 is 4.79 Å². The van der Waals surface area contributed by atoms with E-state index in [4.69, 9.17) is 4.98 Å². The van der Waals surface area contributed by atoms with Crippen molar-refractivity contribution in [2.45, 2.75) is 50.1 Å². The third kappa shape index (κ3) is 2.83. The molecule has 5 nitrogen and oxygen atoms in total. The molecular formula is C24H30N4OS. The highest BCUT2D eigenvalue weighted by Gasteiger charge is 2.65. The van der Waals surface area contributed by atoms with Crippen molar-refractivity contribution in [1.29, 1.82) is 0 Å². The Morgan fingerprint density at radius 3 is 2.77 bits per heavy atom. The molecule has 30 heavy (non-hydrogen) atoms. The summed E-state index contributed by atoms with van der Waals surface area (Å²) in [5, 5.41) is 1.18. The average molecular weight is 423 g/mol. The summed E-state index contributed by atoms with van der Waals surface area (Å²) in [5.41, 5.74) is 1.08. The largest absolute Gasteiger partial charge is 0.348 e. The number of likely N-dealkylation sites (tertiary alicyclic amines) is 1. The Balaban J connectivity index is 1.20. The molecule has 0 bridgehead atoms. The minimum atomic E-state index is -0.237. The molecule has 0 aliphatic carbocycles. The zero-order valence-corrected chi connectivity index (χ0v) is 18.3. The standard InChI is InChI=1S/C24H30N4OS/c29-22-24-10-6-13-28(24)20(21-16-25-23(30-21)26-11-4-5-12-26)15-19(24)17-27(22)14-9-18-7-2-1-3-8-18/h1-3,7-8,16,19-20H,4-6,9-15,17H2/t19-,20-,24-/m0/s1. The van der Waals surface area contributed by atoms with Crippen LogP contribution in [0.5, 0.6) is 0 Å². The molecule has 158 valence electrons. The molecule has 4 saturated heterocycles. The summed E-state index contributed by atoms with van der Waals surface area (Å²) in [6, 6.07) is 10.9. The molecule has 2 aromatic rings. The van der Waals surface area contributed by atoms with Crippen molar-refractivity contribution in [3.8, 4) is 0 Å². The molecular weight excluding hydrogens is 392 g/mol. The van der Waals surface area contributed by atoms with E-state index in [-0.39, 0.29) is 5.54 Å². The lowest BCUT2D eigenvalue weighted by molar-refractivity contribution is -0.136. The van der Waals surface area contributed by atoms with Gasteiger partial charge in [-0.1, -0.05) is 30.3 Å². The van der Waals surface area contributed by atoms with Crippen LogP contribution in [0.3, 0.4) is 0 Å². The summed E-state index contributed by atoms with van der Waals surface area (Å²) in [6.07, 6.45) is 8.90. The van der Waals surface area contributed by atoms with E-state index in [0.717, 1.165) is 58.4 Å². The Hall–Kier alpha value is -1.92. The molecule has 5 heterocycles. The number of carbonyl (C=O) groups is 1. The van der Waals surface area contributed by atoms with E-state index in [9.17, 15) is 4.79 Å². The maximum absolute atomic E-state index is 13.7. The number of aromatic nitrogens is 1. The highest BCUT2D eigenvalue weighted by molar-refractivity contribution is 7.15. The third-order valence-corrected chi connectivity index (χ3v) is 9.02. The summed E-state index contributed by atoms with van der Waals surface area (Å²) in [4.78, 5) is 27.0. The number of hydrogen-bond acceptors (Lipinski definition) is 5. The van der Waals surface area contributed by atoms with Crippen LogP contribution in [-0.4, -0.2) is 59.0 Å². The van der Waals surface area contributed by atoms with Crippen molar-refractivity contribution >= 4 is 22.4 Å². The fourth-order valence-electron chi connectivity index (χ4n) is 6.44. The van der Waals surface area contributed by atoms with Gasteiger partial charge in [0.2, 0.25) is 5.91 Å². The predicted molar refractivity (Wildman–Crippen MR) is 120 cm³/mol. The molecule has 1 aromatic heterocycles. The van der Waals surface area contributed by atoms with Gasteiger partial charge in [-0.2, -0.15) is 0 Å². The maximum atomic E-state index is 13.7. The first-order valence-electron chi connectivity index (χ1n) is 11.6. The minimum Gasteiger partial charge on any atom is -0.348 e. The molecule has 6 heteroatoms. The Bertz CT molecular complexity index is 924. The van der Waals surface area contributed by atoms with E-state index in [1.54, 1.807) is 0 Å². The smallest absolute Gasteiger partial charge is 0.243 e. The van der Waals surface area contributed by atoms with Gasteiger partial charge in [0.25, 0.3) is 0 Å². The molecule has 0 radical (unpaired) electrons. The van der Waals surface area contributed by atoms with Crippen LogP contribution in [0.4, 0.5) is 5.13 Å². The summed E-state index contributed by atoms with van der Waals surface area (Å²) in [7, 11) is 0. The SMILES string of the molecule is O=C1N(CCc2ccccc2)C[C@@H]2C[C@@H](c3cnc(N4CCCC4)s3)N3CCC[C@@]123. The molecule has 1 amide bonds. The normalized spacial score (nSPS) is 31.0. The van der Waals surface area contributed by atoms with Gasteiger partial charge in [0.1, 0.15) is 5.54 Å². The van der Waals surface area contributed by atoms with Crippen molar-refractivity contribution in [2.24, 2.45) is 5.92 Å². The number of anilines is 1. The van der Waals surface area contributed by atoms with Gasteiger partial charge in [-0.25, -0.2) is 4.98 Å². The van der Waals surface area contributed by atoms with Crippen LogP contribution in [0.15, 0.2) is 36.5 Å². The number of nitrogens with zero attached hydrogens (tertiary/aromatic N) is 4. The first-order valence-corrected chi connectivity index (χ1v) is 12.4. The number of thiazole rings is 1. The van der Waals surface area contributed by atoms with Gasteiger partial charge in [0.05, 0.1) is 0 Å². The van der Waals surface area contributed by atoms with Crippen LogP contribution in [0.25, 0.3) is 0 Å². The number of benzene rings is 1. The van der Waals surface area contributed by atoms with E-state index in [1.165, 1.54) is 28.4 Å². The quantitative estimate of drug-likeness (QED) is 0.736. The van der Waals surface area contributed by atoms with Crippen molar-refractivity contribution in [2.75, 3.05) is 37.6 Å². The van der Waals surface area contributed by atoms with Gasteiger partial charge >= 0.3 is 0 Å². The Morgan fingerprint density at radius 2 is 1.93 bits per heavy atom. The first-order chi connectivity index (χ1) is 14.8. The van der Waals surface area contributed by atoms with Crippen molar-refractivity contribution in [1.82, 2.24) is 14.8 Å². The van der Waals surface area contributed by atoms with Gasteiger partial charge < -0.3 is 9.80 Å². The summed E-state index contributed by atoms with van der Waals surface area (Å²) >= 11 is 1.87. The minimum absolute atomic E-state index is 0.237. The lowest BCUT2D eigenvalue weighted by atomic mass is 9.85. The monoisotopic (exact) mass is 422 g/mol. The van der Waals surface area contributed by atoms with Gasteiger partial charge in [0.15, 0.2) is 5.13 Å². The zero-order valence-electron chi connectivity index (χ0n) is 17.5. The molecule has 1 spiro atoms. The fourth-order valence-corrected chi connectivity index (χ4v) is 7.53. The fraction of sp³-hybridized carbons (Fsp3) is 0.583. The van der Waals surface area contributed by atoms with E-state index >= 15 is 0 Å². The second kappa shape index (κ2) is 7.34. The molecule has 4 aliphatic rings. The van der Waals surface area contributed by atoms with E-state index < -0.39 is 0 Å². The molecule has 6 rings (SSSR count). The van der Waals surface area contributed by atoms with E-state index in [1.807, 2.05) is 11.3 Å². The zero-order chi connectivity index (χ0) is 20.1. The number of rotatable bonds is 5. The van der Waals surface area contributed by atoms with Gasteiger partial charge in [-0.15, -0.1) is 11.3 Å². The third-order valence-electron chi connectivity index (χ3n) is 7.86. The Kier molecular flexibility index (Phi) is 4.61. The Morgan fingerprint density at radius 1 is 1.10 bits per heavy atom. The molecule has 1 aromatic carbocycles. The van der Waals surface area contributed by atoms with Gasteiger partial charge in [-0.3, -0.25) is 9.69 Å². The summed E-state index contributed by atoms with van der Waals surface area (Å²) in [6.45, 7) is 5.11. The second-order valence-corrected chi connectivity index (χ2v) is 10.4. The van der Waals surface area contributed by atoms with Crippen molar-refractivity contribution in [3.05, 3.63) is 47.0 Å². The second-order valence-electron chi connectivity index (χ2n) is 9.40. The van der Waals surface area contributed by atoms with Crippen LogP contribution in [-0.2, 0) is 11.2 Å². The number of hydrogen-bond donors (Lipinski definition) is 0. The van der Waals surface area contributed by atoms with E-state index in [0.29, 0.717) is 17.9 Å². The van der Waals surface area contributed by atoms with Gasteiger partial charge in [-0.05, 0) is 50.6 Å². The Labute approximate surface area is 182 Å².